The van der Waals surface area contributed by atoms with Gasteiger partial charge in [-0.2, -0.15) is 4.89 Å². The summed E-state index contributed by atoms with van der Waals surface area (Å²) in [4.78, 5) is 10.6. The zero-order chi connectivity index (χ0) is 11.9. The van der Waals surface area contributed by atoms with Crippen LogP contribution in [-0.2, 0) is 17.7 Å². The van der Waals surface area contributed by atoms with Gasteiger partial charge in [0.1, 0.15) is 0 Å². The molecule has 1 aliphatic heterocycles. The number of unbranched alkanes of at least 4 members (excludes halogenated alkanes) is 3. The monoisotopic (exact) mass is 233 g/mol. The van der Waals surface area contributed by atoms with Crippen molar-refractivity contribution in [3.63, 3.8) is 0 Å². The Morgan fingerprint density at radius 3 is 3.00 bits per heavy atom. The van der Waals surface area contributed by atoms with Crippen LogP contribution in [0.15, 0.2) is 18.2 Å². The molecular formula is C15H21O2. The fraction of sp³-hybridized carbons (Fsp3) is 0.533. The summed E-state index contributed by atoms with van der Waals surface area (Å²) in [5.74, 6) is 0.972. The average molecular weight is 233 g/mol. The molecule has 0 saturated carbocycles. The lowest BCUT2D eigenvalue weighted by Crippen LogP contribution is -1.99. The van der Waals surface area contributed by atoms with Crippen molar-refractivity contribution in [2.45, 2.75) is 44.9 Å². The maximum atomic E-state index is 5.42. The Labute approximate surface area is 104 Å². The molecule has 1 aliphatic rings. The number of para-hydroxylation sites is 1. The van der Waals surface area contributed by atoms with Gasteiger partial charge in [-0.25, -0.2) is 0 Å². The van der Waals surface area contributed by atoms with Gasteiger partial charge in [0.2, 0.25) is 0 Å². The van der Waals surface area contributed by atoms with E-state index in [0.29, 0.717) is 6.61 Å². The van der Waals surface area contributed by atoms with Crippen molar-refractivity contribution in [1.82, 2.24) is 0 Å². The molecule has 0 aliphatic carbocycles. The number of benzene rings is 1. The lowest BCUT2D eigenvalue weighted by atomic mass is 10.0. The van der Waals surface area contributed by atoms with E-state index in [2.05, 4.69) is 25.1 Å². The Balaban J connectivity index is 2.01. The Hall–Kier alpha value is -1.02. The molecule has 0 bridgehead atoms. The Bertz CT molecular complexity index is 347. The lowest BCUT2D eigenvalue weighted by Gasteiger charge is -2.10. The van der Waals surface area contributed by atoms with Crippen LogP contribution in [0, 0.1) is 6.92 Å². The third-order valence-electron chi connectivity index (χ3n) is 3.19. The first-order chi connectivity index (χ1) is 8.42. The van der Waals surface area contributed by atoms with Gasteiger partial charge in [-0.3, -0.25) is 0 Å². The number of rotatable bonds is 5. The number of aryl methyl sites for hydroxylation is 2. The Morgan fingerprint density at radius 1 is 1.18 bits per heavy atom. The molecule has 1 aromatic rings. The van der Waals surface area contributed by atoms with Gasteiger partial charge in [0.25, 0.3) is 0 Å². The maximum absolute atomic E-state index is 5.42. The molecule has 0 aromatic heterocycles. The molecule has 0 unspecified atom stereocenters. The first-order valence-corrected chi connectivity index (χ1v) is 6.61. The summed E-state index contributed by atoms with van der Waals surface area (Å²) >= 11 is 0. The van der Waals surface area contributed by atoms with Crippen molar-refractivity contribution in [3.05, 3.63) is 36.2 Å². The van der Waals surface area contributed by atoms with Crippen LogP contribution in [-0.4, -0.2) is 6.61 Å². The summed E-state index contributed by atoms with van der Waals surface area (Å²) < 4.78 is 0. The second kappa shape index (κ2) is 6.65. The van der Waals surface area contributed by atoms with Crippen molar-refractivity contribution in [3.8, 4) is 5.75 Å². The zero-order valence-corrected chi connectivity index (χ0v) is 10.4. The first-order valence-electron chi connectivity index (χ1n) is 6.61. The van der Waals surface area contributed by atoms with Crippen molar-refractivity contribution < 1.29 is 9.78 Å². The number of fused-ring (bicyclic) bond motifs is 1. The Kier molecular flexibility index (Phi) is 4.87. The summed E-state index contributed by atoms with van der Waals surface area (Å²) in [7, 11) is 0. The van der Waals surface area contributed by atoms with Crippen molar-refractivity contribution in [2.24, 2.45) is 0 Å². The van der Waals surface area contributed by atoms with Crippen LogP contribution in [0.4, 0.5) is 0 Å². The van der Waals surface area contributed by atoms with Crippen LogP contribution < -0.4 is 4.89 Å². The maximum Gasteiger partial charge on any atom is 0.171 e. The van der Waals surface area contributed by atoms with Gasteiger partial charge in [-0.05, 0) is 36.8 Å². The summed E-state index contributed by atoms with van der Waals surface area (Å²) in [5.41, 5.74) is 2.57. The highest BCUT2D eigenvalue weighted by Gasteiger charge is 2.13. The van der Waals surface area contributed by atoms with E-state index < -0.39 is 0 Å². The molecule has 1 aromatic carbocycles. The van der Waals surface area contributed by atoms with E-state index in [9.17, 15) is 0 Å². The van der Waals surface area contributed by atoms with Gasteiger partial charge in [0, 0.05) is 0 Å². The molecule has 1 heterocycles. The largest absolute Gasteiger partial charge is 0.337 e. The van der Waals surface area contributed by atoms with Crippen molar-refractivity contribution >= 4 is 0 Å². The van der Waals surface area contributed by atoms with E-state index in [-0.39, 0.29) is 0 Å². The normalized spacial score (nSPS) is 14.9. The third-order valence-corrected chi connectivity index (χ3v) is 3.19. The van der Waals surface area contributed by atoms with E-state index in [1.165, 1.54) is 30.4 Å². The second-order valence-electron chi connectivity index (χ2n) is 4.58. The van der Waals surface area contributed by atoms with Gasteiger partial charge in [0.05, 0.1) is 6.61 Å². The smallest absolute Gasteiger partial charge is 0.171 e. The molecule has 93 valence electrons. The SMILES string of the molecule is [CH2]CCCCCc1cccc2c1OOCCC2. The average Bonchev–Trinajstić information content (AvgIpc) is 2.60. The molecule has 2 rings (SSSR count). The summed E-state index contributed by atoms with van der Waals surface area (Å²) in [6.45, 7) is 4.56. The third kappa shape index (κ3) is 3.47. The van der Waals surface area contributed by atoms with Crippen LogP contribution in [0.2, 0.25) is 0 Å². The molecule has 0 spiro atoms. The quantitative estimate of drug-likeness (QED) is 0.567. The number of hydrogen-bond acceptors (Lipinski definition) is 2. The summed E-state index contributed by atoms with van der Waals surface area (Å²) in [5, 5.41) is 0. The molecule has 2 heteroatoms. The Morgan fingerprint density at radius 2 is 2.12 bits per heavy atom. The van der Waals surface area contributed by atoms with Crippen molar-refractivity contribution in [2.75, 3.05) is 6.61 Å². The van der Waals surface area contributed by atoms with Crippen LogP contribution in [0.3, 0.4) is 0 Å². The van der Waals surface area contributed by atoms with Gasteiger partial charge in [-0.15, -0.1) is 0 Å². The molecular weight excluding hydrogens is 212 g/mol. The van der Waals surface area contributed by atoms with Crippen molar-refractivity contribution in [1.29, 1.82) is 0 Å². The van der Waals surface area contributed by atoms with Crippen LogP contribution in [0.25, 0.3) is 0 Å². The fourth-order valence-corrected chi connectivity index (χ4v) is 2.23. The highest BCUT2D eigenvalue weighted by atomic mass is 17.2. The van der Waals surface area contributed by atoms with E-state index in [1.54, 1.807) is 0 Å². The van der Waals surface area contributed by atoms with Crippen LogP contribution in [0.1, 0.15) is 43.2 Å². The minimum absolute atomic E-state index is 0.690. The highest BCUT2D eigenvalue weighted by Crippen LogP contribution is 2.29. The van der Waals surface area contributed by atoms with E-state index in [4.69, 9.17) is 9.78 Å². The minimum Gasteiger partial charge on any atom is -0.337 e. The van der Waals surface area contributed by atoms with Crippen LogP contribution in [0.5, 0.6) is 5.75 Å². The second-order valence-corrected chi connectivity index (χ2v) is 4.58. The topological polar surface area (TPSA) is 18.5 Å². The van der Waals surface area contributed by atoms with Gasteiger partial charge in [0.15, 0.2) is 5.75 Å². The fourth-order valence-electron chi connectivity index (χ4n) is 2.23. The zero-order valence-electron chi connectivity index (χ0n) is 10.4. The van der Waals surface area contributed by atoms with Crippen LogP contribution >= 0.6 is 0 Å². The summed E-state index contributed by atoms with van der Waals surface area (Å²) in [6.07, 6.45) is 7.87. The van der Waals surface area contributed by atoms with Gasteiger partial charge < -0.3 is 4.89 Å². The number of hydrogen-bond donors (Lipinski definition) is 0. The standard InChI is InChI=1S/C15H21O2/c1-2-3-4-5-8-13-9-6-10-14-11-7-12-16-17-15(13)14/h6,9-10H,1-5,7-8,11-12H2. The molecule has 17 heavy (non-hydrogen) atoms. The molecule has 0 saturated heterocycles. The molecule has 0 atom stereocenters. The summed E-state index contributed by atoms with van der Waals surface area (Å²) in [6, 6.07) is 6.42. The first kappa shape index (κ1) is 12.4. The van der Waals surface area contributed by atoms with E-state index >= 15 is 0 Å². The molecule has 0 fully saturated rings. The van der Waals surface area contributed by atoms with E-state index in [0.717, 1.165) is 31.4 Å². The lowest BCUT2D eigenvalue weighted by molar-refractivity contribution is -0.204. The molecule has 1 radical (unpaired) electrons. The minimum atomic E-state index is 0.690. The van der Waals surface area contributed by atoms with Gasteiger partial charge >= 0.3 is 0 Å². The molecule has 2 nitrogen and oxygen atoms in total. The van der Waals surface area contributed by atoms with E-state index in [1.807, 2.05) is 0 Å². The molecule has 0 amide bonds. The molecule has 0 N–H and O–H groups in total. The highest BCUT2D eigenvalue weighted by molar-refractivity contribution is 5.41. The van der Waals surface area contributed by atoms with Gasteiger partial charge in [-0.1, -0.05) is 44.4 Å². The predicted molar refractivity (Wildman–Crippen MR) is 68.9 cm³/mol. The predicted octanol–water partition coefficient (Wildman–Crippen LogP) is 3.88.